The Hall–Kier alpha value is -1.16. The quantitative estimate of drug-likeness (QED) is 0.794. The van der Waals surface area contributed by atoms with Gasteiger partial charge in [-0.1, -0.05) is 24.4 Å². The highest BCUT2D eigenvalue weighted by Gasteiger charge is 2.36. The van der Waals surface area contributed by atoms with Crippen LogP contribution in [0.5, 0.6) is 0 Å². The van der Waals surface area contributed by atoms with Crippen molar-refractivity contribution < 1.29 is 4.79 Å². The Balaban J connectivity index is 1.79. The van der Waals surface area contributed by atoms with Gasteiger partial charge < -0.3 is 4.90 Å². The molecular weight excluding hydrogens is 262 g/mol. The molecule has 4 nitrogen and oxygen atoms in total. The second-order valence-corrected chi connectivity index (χ2v) is 5.86. The second kappa shape index (κ2) is 5.45. The first-order valence-corrected chi connectivity index (χ1v) is 7.42. The molecule has 0 radical (unpaired) electrons. The van der Waals surface area contributed by atoms with Gasteiger partial charge in [0.25, 0.3) is 5.91 Å². The third kappa shape index (κ3) is 2.59. The van der Waals surface area contributed by atoms with E-state index in [9.17, 15) is 4.79 Å². The van der Waals surface area contributed by atoms with Gasteiger partial charge in [-0.05, 0) is 31.6 Å². The van der Waals surface area contributed by atoms with Gasteiger partial charge in [0.15, 0.2) is 0 Å². The Kier molecular flexibility index (Phi) is 3.69. The summed E-state index contributed by atoms with van der Waals surface area (Å²) in [6.07, 6.45) is 10.2. The van der Waals surface area contributed by atoms with Gasteiger partial charge in [-0.25, -0.2) is 9.97 Å². The summed E-state index contributed by atoms with van der Waals surface area (Å²) in [6, 6.07) is 0.410. The smallest absolute Gasteiger partial charge is 0.274 e. The van der Waals surface area contributed by atoms with Crippen LogP contribution in [0.4, 0.5) is 0 Å². The minimum atomic E-state index is 0.0146. The molecule has 3 rings (SSSR count). The molecule has 2 heterocycles. The Labute approximate surface area is 118 Å². The topological polar surface area (TPSA) is 46.1 Å². The van der Waals surface area contributed by atoms with Crippen molar-refractivity contribution in [1.82, 2.24) is 14.9 Å². The first-order valence-electron chi connectivity index (χ1n) is 7.04. The number of halogens is 1. The Morgan fingerprint density at radius 3 is 2.74 bits per heavy atom. The molecular formula is C14H18ClN3O. The van der Waals surface area contributed by atoms with E-state index >= 15 is 0 Å². The van der Waals surface area contributed by atoms with Crippen molar-refractivity contribution >= 4 is 17.5 Å². The summed E-state index contributed by atoms with van der Waals surface area (Å²) in [5.74, 6) is 0.701. The maximum Gasteiger partial charge on any atom is 0.274 e. The van der Waals surface area contributed by atoms with Gasteiger partial charge in [0.05, 0.1) is 12.4 Å². The lowest BCUT2D eigenvalue weighted by molar-refractivity contribution is 0.0385. The van der Waals surface area contributed by atoms with E-state index in [0.717, 1.165) is 19.4 Å². The van der Waals surface area contributed by atoms with Crippen molar-refractivity contribution in [2.45, 2.75) is 44.6 Å². The molecule has 1 aliphatic heterocycles. The minimum Gasteiger partial charge on any atom is -0.334 e. The van der Waals surface area contributed by atoms with Crippen molar-refractivity contribution in [3.05, 3.63) is 23.2 Å². The Morgan fingerprint density at radius 2 is 1.95 bits per heavy atom. The number of piperidine rings is 1. The maximum atomic E-state index is 12.5. The summed E-state index contributed by atoms with van der Waals surface area (Å²) in [4.78, 5) is 22.6. The molecule has 1 aromatic heterocycles. The summed E-state index contributed by atoms with van der Waals surface area (Å²) in [5, 5.41) is 0.325. The summed E-state index contributed by atoms with van der Waals surface area (Å²) in [6.45, 7) is 0.851. The van der Waals surface area contributed by atoms with E-state index in [4.69, 9.17) is 11.6 Å². The molecule has 1 saturated heterocycles. The van der Waals surface area contributed by atoms with Crippen molar-refractivity contribution in [2.24, 2.45) is 5.92 Å². The lowest BCUT2D eigenvalue weighted by atomic mass is 9.78. The number of carbonyl (C=O) groups is 1. The van der Waals surface area contributed by atoms with Crippen molar-refractivity contribution in [1.29, 1.82) is 0 Å². The normalized spacial score (nSPS) is 26.9. The van der Waals surface area contributed by atoms with Crippen molar-refractivity contribution in [3.8, 4) is 0 Å². The van der Waals surface area contributed by atoms with Crippen molar-refractivity contribution in [2.75, 3.05) is 6.54 Å². The third-order valence-electron chi connectivity index (χ3n) is 4.34. The number of aromatic nitrogens is 2. The molecule has 1 amide bonds. The Morgan fingerprint density at radius 1 is 1.16 bits per heavy atom. The van der Waals surface area contributed by atoms with Crippen LogP contribution in [0.25, 0.3) is 0 Å². The van der Waals surface area contributed by atoms with Gasteiger partial charge in [0.2, 0.25) is 0 Å². The van der Waals surface area contributed by atoms with E-state index in [2.05, 4.69) is 9.97 Å². The number of hydrogen-bond donors (Lipinski definition) is 0. The average Bonchev–Trinajstić information content (AvgIpc) is 2.47. The van der Waals surface area contributed by atoms with Gasteiger partial charge in [0, 0.05) is 12.6 Å². The third-order valence-corrected chi connectivity index (χ3v) is 4.54. The highest BCUT2D eigenvalue weighted by atomic mass is 35.5. The number of amides is 1. The van der Waals surface area contributed by atoms with Gasteiger partial charge in [-0.3, -0.25) is 4.79 Å². The lowest BCUT2D eigenvalue weighted by Gasteiger charge is -2.43. The zero-order valence-electron chi connectivity index (χ0n) is 10.9. The molecule has 1 aromatic rings. The highest BCUT2D eigenvalue weighted by Crippen LogP contribution is 2.35. The number of hydrogen-bond acceptors (Lipinski definition) is 3. The summed E-state index contributed by atoms with van der Waals surface area (Å²) in [5.41, 5.74) is 0.413. The van der Waals surface area contributed by atoms with Crippen LogP contribution in [0.1, 0.15) is 49.0 Å². The molecule has 0 bridgehead atoms. The Bertz CT molecular complexity index is 460. The van der Waals surface area contributed by atoms with E-state index in [1.807, 2.05) is 4.90 Å². The molecule has 102 valence electrons. The van der Waals surface area contributed by atoms with Crippen LogP contribution in [-0.2, 0) is 0 Å². The first-order chi connectivity index (χ1) is 9.25. The maximum absolute atomic E-state index is 12.5. The molecule has 0 aromatic carbocycles. The van der Waals surface area contributed by atoms with E-state index in [1.54, 1.807) is 0 Å². The fourth-order valence-electron chi connectivity index (χ4n) is 3.45. The zero-order valence-corrected chi connectivity index (χ0v) is 11.6. The predicted octanol–water partition coefficient (Wildman–Crippen LogP) is 2.92. The summed E-state index contributed by atoms with van der Waals surface area (Å²) < 4.78 is 0. The monoisotopic (exact) mass is 279 g/mol. The molecule has 0 spiro atoms. The van der Waals surface area contributed by atoms with Crippen LogP contribution in [-0.4, -0.2) is 33.4 Å². The van der Waals surface area contributed by atoms with Crippen LogP contribution in [0.3, 0.4) is 0 Å². The average molecular weight is 280 g/mol. The van der Waals surface area contributed by atoms with Gasteiger partial charge in [-0.15, -0.1) is 0 Å². The molecule has 5 heteroatoms. The minimum absolute atomic E-state index is 0.0146. The molecule has 1 aliphatic carbocycles. The first kappa shape index (κ1) is 12.9. The fraction of sp³-hybridized carbons (Fsp3) is 0.643. The number of carbonyl (C=O) groups excluding carboxylic acids is 1. The predicted molar refractivity (Wildman–Crippen MR) is 73.1 cm³/mol. The van der Waals surface area contributed by atoms with Crippen LogP contribution >= 0.6 is 11.6 Å². The second-order valence-electron chi connectivity index (χ2n) is 5.48. The van der Waals surface area contributed by atoms with Crippen molar-refractivity contribution in [3.63, 3.8) is 0 Å². The molecule has 0 unspecified atom stereocenters. The van der Waals surface area contributed by atoms with Gasteiger partial charge in [0.1, 0.15) is 10.8 Å². The lowest BCUT2D eigenvalue weighted by Crippen LogP contribution is -2.49. The van der Waals surface area contributed by atoms with E-state index in [-0.39, 0.29) is 5.91 Å². The summed E-state index contributed by atoms with van der Waals surface area (Å²) in [7, 11) is 0. The van der Waals surface area contributed by atoms with Gasteiger partial charge in [-0.2, -0.15) is 0 Å². The number of nitrogens with zero attached hydrogens (tertiary/aromatic N) is 3. The fourth-order valence-corrected chi connectivity index (χ4v) is 3.54. The van der Waals surface area contributed by atoms with Crippen LogP contribution < -0.4 is 0 Å². The number of fused-ring (bicyclic) bond motifs is 1. The zero-order chi connectivity index (χ0) is 13.2. The number of rotatable bonds is 1. The number of likely N-dealkylation sites (tertiary alicyclic amines) is 1. The summed E-state index contributed by atoms with van der Waals surface area (Å²) >= 11 is 5.71. The SMILES string of the molecule is O=C(c1cnc(Cl)cn1)N1CCC[C@H]2CCCC[C@H]21. The van der Waals surface area contributed by atoms with Crippen LogP contribution in [0.2, 0.25) is 5.15 Å². The van der Waals surface area contributed by atoms with Crippen LogP contribution in [0.15, 0.2) is 12.4 Å². The van der Waals surface area contributed by atoms with Crippen LogP contribution in [0, 0.1) is 5.92 Å². The largest absolute Gasteiger partial charge is 0.334 e. The van der Waals surface area contributed by atoms with E-state index in [0.29, 0.717) is 22.8 Å². The molecule has 2 fully saturated rings. The van der Waals surface area contributed by atoms with Gasteiger partial charge >= 0.3 is 0 Å². The molecule has 0 N–H and O–H groups in total. The molecule has 19 heavy (non-hydrogen) atoms. The highest BCUT2D eigenvalue weighted by molar-refractivity contribution is 6.29. The van der Waals surface area contributed by atoms with E-state index < -0.39 is 0 Å². The van der Waals surface area contributed by atoms with E-state index in [1.165, 1.54) is 38.1 Å². The molecule has 1 saturated carbocycles. The molecule has 2 atom stereocenters. The molecule has 2 aliphatic rings. The standard InChI is InChI=1S/C14H18ClN3O/c15-13-9-16-11(8-17-13)14(19)18-7-3-5-10-4-1-2-6-12(10)18/h8-10,12H,1-7H2/t10-,12-/m1/s1.